The van der Waals surface area contributed by atoms with Gasteiger partial charge < -0.3 is 16.9 Å². The Morgan fingerprint density at radius 1 is 1.38 bits per heavy atom. The third-order valence-corrected chi connectivity index (χ3v) is 2.04. The number of Topliss-reactive ketones (excluding diaryl/α,β-unsaturated/α-hetero) is 1. The Labute approximate surface area is 87.6 Å². The molecule has 0 spiro atoms. The number of ketones is 1. The zero-order chi connectivity index (χ0) is 9.94. The zero-order valence-corrected chi connectivity index (χ0v) is 9.98. The number of rotatable bonds is 4. The van der Waals surface area contributed by atoms with Gasteiger partial charge in [-0.15, -0.1) is 0 Å². The van der Waals surface area contributed by atoms with Crippen molar-refractivity contribution in [2.24, 2.45) is 0 Å². The molecule has 0 heterocycles. The van der Waals surface area contributed by atoms with E-state index >= 15 is 0 Å². The van der Waals surface area contributed by atoms with Crippen LogP contribution in [0.3, 0.4) is 0 Å². The molecule has 0 aromatic heterocycles. The largest absolute Gasteiger partial charge is 1.00 e. The first-order valence-electron chi connectivity index (χ1n) is 4.31. The lowest BCUT2D eigenvalue weighted by Gasteiger charge is -2.32. The van der Waals surface area contributed by atoms with E-state index in [1.807, 2.05) is 28.1 Å². The number of carbonyl (C=O) groups excluding carboxylic acids is 1. The minimum Gasteiger partial charge on any atom is -1.00 e. The molecule has 3 heteroatoms. The van der Waals surface area contributed by atoms with E-state index < -0.39 is 0 Å². The number of carbonyl (C=O) groups is 1. The zero-order valence-electron chi connectivity index (χ0n) is 9.22. The molecule has 0 rings (SSSR count). The van der Waals surface area contributed by atoms with E-state index in [9.17, 15) is 4.79 Å². The summed E-state index contributed by atoms with van der Waals surface area (Å²) in [5, 5.41) is 0. The Morgan fingerprint density at radius 3 is 1.85 bits per heavy atom. The van der Waals surface area contributed by atoms with Crippen molar-refractivity contribution in [1.29, 1.82) is 0 Å². The maximum absolute atomic E-state index is 11.6. The van der Waals surface area contributed by atoms with Crippen LogP contribution in [0.15, 0.2) is 12.2 Å². The van der Waals surface area contributed by atoms with Gasteiger partial charge in [-0.25, -0.2) is 0 Å². The molecule has 0 aromatic carbocycles. The highest BCUT2D eigenvalue weighted by atomic mass is 35.5. The molecule has 0 radical (unpaired) electrons. The molecule has 0 fully saturated rings. The van der Waals surface area contributed by atoms with Crippen LogP contribution in [-0.4, -0.2) is 37.5 Å². The van der Waals surface area contributed by atoms with E-state index in [1.165, 1.54) is 0 Å². The molecule has 0 aliphatic heterocycles. The second-order valence-electron chi connectivity index (χ2n) is 4.18. The molecule has 0 saturated heterocycles. The van der Waals surface area contributed by atoms with E-state index in [4.69, 9.17) is 0 Å². The maximum atomic E-state index is 11.6. The summed E-state index contributed by atoms with van der Waals surface area (Å²) in [6.07, 6.45) is 0.870. The van der Waals surface area contributed by atoms with Gasteiger partial charge in [-0.2, -0.15) is 0 Å². The van der Waals surface area contributed by atoms with Gasteiger partial charge in [0.25, 0.3) is 0 Å². The minimum atomic E-state index is 0. The Balaban J connectivity index is 0. The summed E-state index contributed by atoms with van der Waals surface area (Å²) in [6.45, 7) is 7.49. The highest BCUT2D eigenvalue weighted by Crippen LogP contribution is 2.11. The van der Waals surface area contributed by atoms with E-state index in [0.717, 1.165) is 6.42 Å². The molecule has 1 unspecified atom stereocenters. The lowest BCUT2D eigenvalue weighted by molar-refractivity contribution is -0.886. The summed E-state index contributed by atoms with van der Waals surface area (Å²) in [5.41, 5.74) is 0.662. The van der Waals surface area contributed by atoms with Crippen molar-refractivity contribution in [1.82, 2.24) is 0 Å². The van der Waals surface area contributed by atoms with Crippen LogP contribution in [0.2, 0.25) is 0 Å². The smallest absolute Gasteiger partial charge is 0.215 e. The fourth-order valence-electron chi connectivity index (χ4n) is 1.37. The predicted octanol–water partition coefficient (Wildman–Crippen LogP) is -1.38. The van der Waals surface area contributed by atoms with E-state index in [0.29, 0.717) is 10.1 Å². The van der Waals surface area contributed by atoms with Crippen molar-refractivity contribution >= 4 is 5.78 Å². The number of halogens is 1. The highest BCUT2D eigenvalue weighted by molar-refractivity contribution is 5.97. The third-order valence-electron chi connectivity index (χ3n) is 2.04. The summed E-state index contributed by atoms with van der Waals surface area (Å²) >= 11 is 0. The van der Waals surface area contributed by atoms with E-state index in [2.05, 4.69) is 6.58 Å². The summed E-state index contributed by atoms with van der Waals surface area (Å²) in [7, 11) is 6.11. The van der Waals surface area contributed by atoms with Crippen molar-refractivity contribution in [3.63, 3.8) is 0 Å². The van der Waals surface area contributed by atoms with Crippen LogP contribution in [0.1, 0.15) is 20.3 Å². The molecule has 2 nitrogen and oxygen atoms in total. The van der Waals surface area contributed by atoms with Crippen LogP contribution < -0.4 is 12.4 Å². The molecule has 0 aromatic rings. The molecule has 1 atom stereocenters. The second kappa shape index (κ2) is 5.40. The average molecular weight is 206 g/mol. The second-order valence-corrected chi connectivity index (χ2v) is 4.18. The van der Waals surface area contributed by atoms with Crippen molar-refractivity contribution in [2.75, 3.05) is 21.1 Å². The van der Waals surface area contributed by atoms with Crippen LogP contribution >= 0.6 is 0 Å². The van der Waals surface area contributed by atoms with Crippen molar-refractivity contribution in [2.45, 2.75) is 26.3 Å². The topological polar surface area (TPSA) is 17.1 Å². The Kier molecular flexibility index (Phi) is 6.30. The van der Waals surface area contributed by atoms with Crippen molar-refractivity contribution < 1.29 is 21.7 Å². The minimum absolute atomic E-state index is 0. The monoisotopic (exact) mass is 205 g/mol. The van der Waals surface area contributed by atoms with Crippen LogP contribution in [0, 0.1) is 0 Å². The van der Waals surface area contributed by atoms with Crippen LogP contribution in [0.25, 0.3) is 0 Å². The molecule has 78 valence electrons. The van der Waals surface area contributed by atoms with Gasteiger partial charge in [0.1, 0.15) is 0 Å². The van der Waals surface area contributed by atoms with Gasteiger partial charge in [-0.05, 0) is 12.5 Å². The lowest BCUT2D eigenvalue weighted by atomic mass is 10.0. The molecular weight excluding hydrogens is 186 g/mol. The lowest BCUT2D eigenvalue weighted by Crippen LogP contribution is -3.00. The predicted molar refractivity (Wildman–Crippen MR) is 51.9 cm³/mol. The first-order chi connectivity index (χ1) is 5.30. The van der Waals surface area contributed by atoms with Crippen LogP contribution in [0.5, 0.6) is 0 Å². The highest BCUT2D eigenvalue weighted by Gasteiger charge is 2.29. The van der Waals surface area contributed by atoms with E-state index in [1.54, 1.807) is 6.92 Å². The van der Waals surface area contributed by atoms with Crippen LogP contribution in [-0.2, 0) is 4.79 Å². The molecule has 0 aliphatic rings. The normalized spacial score (nSPS) is 13.0. The average Bonchev–Trinajstić information content (AvgIpc) is 1.85. The molecule has 0 amide bonds. The van der Waals surface area contributed by atoms with Gasteiger partial charge >= 0.3 is 0 Å². The number of nitrogens with zero attached hydrogens (tertiary/aromatic N) is 1. The molecule has 0 N–H and O–H groups in total. The Morgan fingerprint density at radius 2 is 1.77 bits per heavy atom. The van der Waals surface area contributed by atoms with Crippen molar-refractivity contribution in [3.8, 4) is 0 Å². The fourth-order valence-corrected chi connectivity index (χ4v) is 1.37. The summed E-state index contributed by atoms with van der Waals surface area (Å²) in [6, 6.07) is 0.0579. The summed E-state index contributed by atoms with van der Waals surface area (Å²) < 4.78 is 0.683. The quantitative estimate of drug-likeness (QED) is 0.409. The Hall–Kier alpha value is -0.340. The van der Waals surface area contributed by atoms with Crippen molar-refractivity contribution in [3.05, 3.63) is 12.2 Å². The number of likely N-dealkylation sites (N-methyl/N-ethyl adjacent to an activating group) is 1. The van der Waals surface area contributed by atoms with Gasteiger partial charge in [0.15, 0.2) is 6.04 Å². The molecular formula is C10H20ClNO. The van der Waals surface area contributed by atoms with Gasteiger partial charge in [0.05, 0.1) is 21.1 Å². The molecule has 13 heavy (non-hydrogen) atoms. The summed E-state index contributed by atoms with van der Waals surface area (Å²) in [5.74, 6) is 0.185. The van der Waals surface area contributed by atoms with Gasteiger partial charge in [0.2, 0.25) is 5.78 Å². The number of hydrogen-bond donors (Lipinski definition) is 0. The number of hydrogen-bond acceptors (Lipinski definition) is 1. The number of quaternary nitrogens is 1. The van der Waals surface area contributed by atoms with E-state index in [-0.39, 0.29) is 24.2 Å². The fraction of sp³-hybridized carbons (Fsp3) is 0.700. The van der Waals surface area contributed by atoms with Gasteiger partial charge in [0, 0.05) is 6.42 Å². The maximum Gasteiger partial charge on any atom is 0.215 e. The van der Waals surface area contributed by atoms with Crippen LogP contribution in [0.4, 0.5) is 0 Å². The molecule has 0 aliphatic carbocycles. The SMILES string of the molecule is C=C(C)C(=O)C(CC)[N+](C)(C)C.[Cl-]. The first-order valence-corrected chi connectivity index (χ1v) is 4.31. The Bertz CT molecular complexity index is 194. The third kappa shape index (κ3) is 4.44. The van der Waals surface area contributed by atoms with Gasteiger partial charge in [-0.3, -0.25) is 4.79 Å². The standard InChI is InChI=1S/C10H20NO.ClH/c1-7-9(11(4,5)6)10(12)8(2)3;/h9H,2,7H2,1,3-6H3;1H/q+1;/p-1. The first kappa shape index (κ1) is 15.1. The summed E-state index contributed by atoms with van der Waals surface area (Å²) in [4.78, 5) is 11.6. The van der Waals surface area contributed by atoms with Gasteiger partial charge in [-0.1, -0.05) is 13.5 Å². The molecule has 0 saturated carbocycles. The molecule has 0 bridgehead atoms.